The summed E-state index contributed by atoms with van der Waals surface area (Å²) < 4.78 is 28.6. The minimum Gasteiger partial charge on any atom is -0.360 e. The minimum atomic E-state index is -2.96. The first-order valence-electron chi connectivity index (χ1n) is 11.1. The third-order valence-electron chi connectivity index (χ3n) is 6.15. The lowest BCUT2D eigenvalue weighted by Gasteiger charge is -2.26. The Kier molecular flexibility index (Phi) is 5.94. The van der Waals surface area contributed by atoms with Crippen molar-refractivity contribution in [3.63, 3.8) is 0 Å². The molecule has 2 N–H and O–H groups in total. The van der Waals surface area contributed by atoms with Crippen molar-refractivity contribution in [2.24, 2.45) is 0 Å². The molecule has 178 valence electrons. The van der Waals surface area contributed by atoms with E-state index in [1.54, 1.807) is 37.4 Å². The molecule has 8 nitrogen and oxygen atoms in total. The average Bonchev–Trinajstić information content (AvgIpc) is 3.17. The quantitative estimate of drug-likeness (QED) is 0.398. The van der Waals surface area contributed by atoms with Crippen LogP contribution < -0.4 is 10.6 Å². The van der Waals surface area contributed by atoms with Gasteiger partial charge in [0.25, 0.3) is 6.43 Å². The molecule has 1 fully saturated rings. The summed E-state index contributed by atoms with van der Waals surface area (Å²) >= 11 is 6.14. The Hall–Kier alpha value is -3.84. The van der Waals surface area contributed by atoms with Gasteiger partial charge in [-0.1, -0.05) is 17.7 Å². The zero-order valence-electron chi connectivity index (χ0n) is 18.6. The lowest BCUT2D eigenvalue weighted by atomic mass is 9.93. The van der Waals surface area contributed by atoms with Crippen LogP contribution in [0.5, 0.6) is 0 Å². The number of nitrogens with one attached hydrogen (secondary N) is 2. The average molecular weight is 496 g/mol. The molecule has 1 aliphatic carbocycles. The van der Waals surface area contributed by atoms with Crippen LogP contribution in [0.1, 0.15) is 42.6 Å². The van der Waals surface area contributed by atoms with Crippen molar-refractivity contribution in [2.75, 3.05) is 11.9 Å². The predicted octanol–water partition coefficient (Wildman–Crippen LogP) is 4.80. The summed E-state index contributed by atoms with van der Waals surface area (Å²) in [7, 11) is 0. The number of carbonyl (C=O) groups is 1. The molecule has 11 heteroatoms. The van der Waals surface area contributed by atoms with Gasteiger partial charge in [0.15, 0.2) is 5.65 Å². The Labute approximate surface area is 203 Å². The predicted molar refractivity (Wildman–Crippen MR) is 127 cm³/mol. The van der Waals surface area contributed by atoms with Crippen LogP contribution in [0.2, 0.25) is 5.02 Å². The third-order valence-corrected chi connectivity index (χ3v) is 6.39. The third kappa shape index (κ3) is 4.12. The highest BCUT2D eigenvalue weighted by molar-refractivity contribution is 6.31. The van der Waals surface area contributed by atoms with Crippen LogP contribution in [0.25, 0.3) is 27.7 Å². The summed E-state index contributed by atoms with van der Waals surface area (Å²) in [6, 6.07) is 8.98. The molecule has 5 rings (SSSR count). The molecule has 0 aliphatic heterocycles. The number of carbonyl (C=O) groups excluding carboxylic acids is 1. The molecule has 1 aromatic carbocycles. The van der Waals surface area contributed by atoms with Crippen molar-refractivity contribution in [1.29, 1.82) is 5.26 Å². The van der Waals surface area contributed by atoms with Crippen LogP contribution >= 0.6 is 11.6 Å². The van der Waals surface area contributed by atoms with Crippen molar-refractivity contribution < 1.29 is 13.6 Å². The number of aryl methyl sites for hydroxylation is 1. The number of amides is 1. The molecular formula is C24H20ClF2N7O. The number of aromatic nitrogens is 4. The molecule has 1 saturated carbocycles. The number of nitrogens with zero attached hydrogens (tertiary/aromatic N) is 5. The summed E-state index contributed by atoms with van der Waals surface area (Å²) in [4.78, 5) is 21.4. The Balaban J connectivity index is 1.71. The fourth-order valence-corrected chi connectivity index (χ4v) is 4.42. The normalized spacial score (nSPS) is 13.7. The minimum absolute atomic E-state index is 0.00708. The number of halogens is 3. The second-order valence-corrected chi connectivity index (χ2v) is 8.83. The second-order valence-electron chi connectivity index (χ2n) is 8.40. The van der Waals surface area contributed by atoms with Gasteiger partial charge < -0.3 is 10.6 Å². The number of fused-ring (bicyclic) bond motifs is 2. The van der Waals surface area contributed by atoms with Crippen LogP contribution in [-0.4, -0.2) is 38.1 Å². The van der Waals surface area contributed by atoms with Gasteiger partial charge in [0.2, 0.25) is 5.91 Å². The molecule has 3 aromatic heterocycles. The number of benzene rings is 1. The van der Waals surface area contributed by atoms with Gasteiger partial charge in [-0.2, -0.15) is 14.9 Å². The van der Waals surface area contributed by atoms with Crippen LogP contribution in [-0.2, 0) is 4.79 Å². The summed E-state index contributed by atoms with van der Waals surface area (Å²) in [6.45, 7) is 1.61. The summed E-state index contributed by atoms with van der Waals surface area (Å²) in [5.41, 5.74) is 1.39. The highest BCUT2D eigenvalue weighted by Crippen LogP contribution is 2.37. The zero-order valence-corrected chi connectivity index (χ0v) is 19.4. The van der Waals surface area contributed by atoms with Gasteiger partial charge in [-0.05, 0) is 49.9 Å². The molecule has 1 aliphatic rings. The Morgan fingerprint density at radius 1 is 1.34 bits per heavy atom. The molecule has 0 spiro atoms. The van der Waals surface area contributed by atoms with E-state index in [2.05, 4.69) is 25.7 Å². The van der Waals surface area contributed by atoms with E-state index in [0.29, 0.717) is 27.4 Å². The first kappa shape index (κ1) is 22.9. The maximum absolute atomic E-state index is 13.7. The smallest absolute Gasteiger partial charge is 0.283 e. The maximum atomic E-state index is 13.7. The SMILES string of the molecule is Cc1nc2c(C#N)c(C(F)F)nn2c(NCC(=O)NC2CCC2)c1-c1ccnc2cc(Cl)ccc12. The van der Waals surface area contributed by atoms with E-state index in [1.807, 2.05) is 6.07 Å². The molecule has 4 aromatic rings. The van der Waals surface area contributed by atoms with Gasteiger partial charge in [-0.25, -0.2) is 13.8 Å². The van der Waals surface area contributed by atoms with Crippen LogP contribution in [0.3, 0.4) is 0 Å². The fourth-order valence-electron chi connectivity index (χ4n) is 4.26. The summed E-state index contributed by atoms with van der Waals surface area (Å²) in [5.74, 6) is 0.0542. The van der Waals surface area contributed by atoms with Gasteiger partial charge in [0, 0.05) is 28.2 Å². The lowest BCUT2D eigenvalue weighted by Crippen LogP contribution is -2.42. The molecule has 0 unspecified atom stereocenters. The number of rotatable bonds is 6. The molecular weight excluding hydrogens is 476 g/mol. The van der Waals surface area contributed by atoms with E-state index < -0.39 is 12.1 Å². The Morgan fingerprint density at radius 2 is 2.14 bits per heavy atom. The van der Waals surface area contributed by atoms with Crippen molar-refractivity contribution in [1.82, 2.24) is 24.9 Å². The van der Waals surface area contributed by atoms with E-state index in [9.17, 15) is 18.8 Å². The van der Waals surface area contributed by atoms with Crippen LogP contribution in [0.4, 0.5) is 14.6 Å². The number of anilines is 1. The van der Waals surface area contributed by atoms with E-state index in [1.165, 1.54) is 4.52 Å². The highest BCUT2D eigenvalue weighted by atomic mass is 35.5. The monoisotopic (exact) mass is 495 g/mol. The van der Waals surface area contributed by atoms with E-state index in [-0.39, 0.29) is 35.5 Å². The molecule has 3 heterocycles. The van der Waals surface area contributed by atoms with Crippen molar-refractivity contribution in [3.05, 3.63) is 52.4 Å². The van der Waals surface area contributed by atoms with Gasteiger partial charge in [0.1, 0.15) is 23.1 Å². The van der Waals surface area contributed by atoms with Gasteiger partial charge in [-0.3, -0.25) is 9.78 Å². The molecule has 1 amide bonds. The molecule has 0 radical (unpaired) electrons. The van der Waals surface area contributed by atoms with Crippen LogP contribution in [0.15, 0.2) is 30.5 Å². The second kappa shape index (κ2) is 9.07. The van der Waals surface area contributed by atoms with Gasteiger partial charge in [0.05, 0.1) is 17.8 Å². The largest absolute Gasteiger partial charge is 0.360 e. The van der Waals surface area contributed by atoms with E-state index in [0.717, 1.165) is 24.6 Å². The Morgan fingerprint density at radius 3 is 2.83 bits per heavy atom. The van der Waals surface area contributed by atoms with Gasteiger partial charge >= 0.3 is 0 Å². The fraction of sp³-hybridized carbons (Fsp3) is 0.292. The number of nitriles is 1. The number of hydrogen-bond acceptors (Lipinski definition) is 6. The first-order valence-corrected chi connectivity index (χ1v) is 11.4. The topological polar surface area (TPSA) is 108 Å². The number of pyridine rings is 1. The highest BCUT2D eigenvalue weighted by Gasteiger charge is 2.27. The van der Waals surface area contributed by atoms with Crippen LogP contribution in [0, 0.1) is 18.3 Å². The number of hydrogen-bond donors (Lipinski definition) is 2. The first-order chi connectivity index (χ1) is 16.9. The summed E-state index contributed by atoms with van der Waals surface area (Å²) in [5, 5.41) is 20.9. The van der Waals surface area contributed by atoms with Crippen molar-refractivity contribution in [2.45, 2.75) is 38.7 Å². The summed E-state index contributed by atoms with van der Waals surface area (Å²) in [6.07, 6.45) is 1.59. The molecule has 0 saturated heterocycles. The zero-order chi connectivity index (χ0) is 24.7. The lowest BCUT2D eigenvalue weighted by molar-refractivity contribution is -0.120. The Bertz CT molecular complexity index is 1510. The number of alkyl halides is 2. The molecule has 0 atom stereocenters. The standard InChI is InChI=1S/C24H20ClF2N7O/c1-12-20(16-7-8-29-18-9-13(25)5-6-15(16)18)24(30-11-19(35)32-14-3-2-4-14)34-23(31-12)17(10-28)21(33-34)22(26)27/h5-9,14,22,30H,2-4,11H2,1H3,(H,32,35). The van der Waals surface area contributed by atoms with Crippen molar-refractivity contribution in [3.8, 4) is 17.2 Å². The maximum Gasteiger partial charge on any atom is 0.283 e. The van der Waals surface area contributed by atoms with E-state index in [4.69, 9.17) is 11.6 Å². The molecule has 35 heavy (non-hydrogen) atoms. The van der Waals surface area contributed by atoms with Gasteiger partial charge in [-0.15, -0.1) is 0 Å². The van der Waals surface area contributed by atoms with Crippen molar-refractivity contribution >= 4 is 39.9 Å². The molecule has 0 bridgehead atoms. The van der Waals surface area contributed by atoms with E-state index >= 15 is 0 Å².